The Labute approximate surface area is 139 Å². The molecule has 7 heteroatoms. The van der Waals surface area contributed by atoms with E-state index in [1.807, 2.05) is 13.0 Å². The number of esters is 1. The van der Waals surface area contributed by atoms with Crippen molar-refractivity contribution in [3.05, 3.63) is 35.9 Å². The van der Waals surface area contributed by atoms with E-state index in [2.05, 4.69) is 27.3 Å². The van der Waals surface area contributed by atoms with Crippen LogP contribution in [0.3, 0.4) is 0 Å². The van der Waals surface area contributed by atoms with Gasteiger partial charge in [0.05, 0.1) is 12.4 Å². The lowest BCUT2D eigenvalue weighted by atomic mass is 10.2. The standard InChI is InChI=1S/C14H20INO4S/c1-2-10-20-14(17)13(8-9-15)16-21(18,19)11-12-6-4-3-5-7-12/h3-7,13,16H,2,8-11H2,1H3/t13-/m1/s1. The Morgan fingerprint density at radius 1 is 1.33 bits per heavy atom. The molecule has 0 saturated heterocycles. The summed E-state index contributed by atoms with van der Waals surface area (Å²) in [6.07, 6.45) is 1.12. The summed E-state index contributed by atoms with van der Waals surface area (Å²) in [5.74, 6) is -0.655. The summed E-state index contributed by atoms with van der Waals surface area (Å²) in [7, 11) is -3.58. The van der Waals surface area contributed by atoms with Crippen LogP contribution in [0.1, 0.15) is 25.3 Å². The van der Waals surface area contributed by atoms with Crippen LogP contribution in [0.4, 0.5) is 0 Å². The van der Waals surface area contributed by atoms with E-state index in [0.29, 0.717) is 29.4 Å². The van der Waals surface area contributed by atoms with Gasteiger partial charge >= 0.3 is 5.97 Å². The maximum Gasteiger partial charge on any atom is 0.324 e. The molecule has 1 aromatic carbocycles. The molecule has 0 fully saturated rings. The highest BCUT2D eigenvalue weighted by Gasteiger charge is 2.25. The van der Waals surface area contributed by atoms with Crippen LogP contribution in [0.25, 0.3) is 0 Å². The first-order chi connectivity index (χ1) is 9.98. The third-order valence-corrected chi connectivity index (χ3v) is 4.63. The monoisotopic (exact) mass is 425 g/mol. The zero-order chi connectivity index (χ0) is 15.7. The Balaban J connectivity index is 2.70. The smallest absolute Gasteiger partial charge is 0.324 e. The molecule has 1 N–H and O–H groups in total. The SMILES string of the molecule is CCCOC(=O)[C@@H](CCI)NS(=O)(=O)Cc1ccccc1. The topological polar surface area (TPSA) is 72.5 Å². The first kappa shape index (κ1) is 18.4. The molecule has 0 aliphatic heterocycles. The average molecular weight is 425 g/mol. The minimum Gasteiger partial charge on any atom is -0.465 e. The van der Waals surface area contributed by atoms with Crippen molar-refractivity contribution in [1.82, 2.24) is 4.72 Å². The van der Waals surface area contributed by atoms with Gasteiger partial charge in [0.1, 0.15) is 6.04 Å². The van der Waals surface area contributed by atoms with E-state index in [1.165, 1.54) is 0 Å². The predicted molar refractivity (Wildman–Crippen MR) is 90.7 cm³/mol. The number of rotatable bonds is 9. The lowest BCUT2D eigenvalue weighted by Crippen LogP contribution is -2.42. The van der Waals surface area contributed by atoms with Crippen molar-refractivity contribution in [3.8, 4) is 0 Å². The minimum atomic E-state index is -3.58. The molecule has 1 atom stereocenters. The molecule has 0 amide bonds. The number of sulfonamides is 1. The van der Waals surface area contributed by atoms with Crippen LogP contribution in [0.2, 0.25) is 0 Å². The Hall–Kier alpha value is -0.670. The van der Waals surface area contributed by atoms with Gasteiger partial charge in [0.2, 0.25) is 10.0 Å². The highest BCUT2D eigenvalue weighted by atomic mass is 127. The quantitative estimate of drug-likeness (QED) is 0.374. The molecule has 1 rings (SSSR count). The molecule has 0 aromatic heterocycles. The van der Waals surface area contributed by atoms with E-state index in [4.69, 9.17) is 4.74 Å². The molecule has 0 bridgehead atoms. The number of benzene rings is 1. The largest absolute Gasteiger partial charge is 0.465 e. The Morgan fingerprint density at radius 2 is 2.00 bits per heavy atom. The van der Waals surface area contributed by atoms with Crippen molar-refractivity contribution < 1.29 is 17.9 Å². The van der Waals surface area contributed by atoms with Gasteiger partial charge in [0, 0.05) is 4.43 Å². The first-order valence-corrected chi connectivity index (χ1v) is 9.93. The number of hydrogen-bond donors (Lipinski definition) is 1. The maximum absolute atomic E-state index is 12.1. The first-order valence-electron chi connectivity index (χ1n) is 6.75. The molecular formula is C14H20INO4S. The fraction of sp³-hybridized carbons (Fsp3) is 0.500. The molecule has 0 spiro atoms. The lowest BCUT2D eigenvalue weighted by molar-refractivity contribution is -0.145. The van der Waals surface area contributed by atoms with Crippen LogP contribution >= 0.6 is 22.6 Å². The van der Waals surface area contributed by atoms with Crippen molar-refractivity contribution >= 4 is 38.6 Å². The second kappa shape index (κ2) is 9.37. The van der Waals surface area contributed by atoms with E-state index < -0.39 is 22.0 Å². The summed E-state index contributed by atoms with van der Waals surface area (Å²) in [5.41, 5.74) is 0.681. The van der Waals surface area contributed by atoms with Crippen LogP contribution in [-0.4, -0.2) is 31.5 Å². The third-order valence-electron chi connectivity index (χ3n) is 2.65. The fourth-order valence-corrected chi connectivity index (χ4v) is 3.67. The molecular weight excluding hydrogens is 405 g/mol. The molecule has 0 aliphatic rings. The summed E-state index contributed by atoms with van der Waals surface area (Å²) >= 11 is 2.11. The summed E-state index contributed by atoms with van der Waals surface area (Å²) < 4.78 is 32.4. The minimum absolute atomic E-state index is 0.146. The van der Waals surface area contributed by atoms with Gasteiger partial charge in [-0.05, 0) is 18.4 Å². The van der Waals surface area contributed by atoms with E-state index in [1.54, 1.807) is 24.3 Å². The number of halogens is 1. The van der Waals surface area contributed by atoms with Gasteiger partial charge in [0.15, 0.2) is 0 Å². The lowest BCUT2D eigenvalue weighted by Gasteiger charge is -2.16. The van der Waals surface area contributed by atoms with E-state index >= 15 is 0 Å². The number of carbonyl (C=O) groups excluding carboxylic acids is 1. The Kier molecular flexibility index (Phi) is 8.20. The average Bonchev–Trinajstić information content (AvgIpc) is 2.44. The van der Waals surface area contributed by atoms with Gasteiger partial charge in [-0.3, -0.25) is 4.79 Å². The van der Waals surface area contributed by atoms with E-state index in [9.17, 15) is 13.2 Å². The van der Waals surface area contributed by atoms with Gasteiger partial charge in [-0.25, -0.2) is 13.1 Å². The molecule has 5 nitrogen and oxygen atoms in total. The normalized spacial score (nSPS) is 12.9. The van der Waals surface area contributed by atoms with Crippen LogP contribution in [0.15, 0.2) is 30.3 Å². The van der Waals surface area contributed by atoms with Crippen molar-refractivity contribution in [2.75, 3.05) is 11.0 Å². The molecule has 0 unspecified atom stereocenters. The van der Waals surface area contributed by atoms with Crippen LogP contribution in [0, 0.1) is 0 Å². The Morgan fingerprint density at radius 3 is 2.57 bits per heavy atom. The predicted octanol–water partition coefficient (Wildman–Crippen LogP) is 2.25. The van der Waals surface area contributed by atoms with Crippen molar-refractivity contribution in [3.63, 3.8) is 0 Å². The number of carbonyl (C=O) groups is 1. The second-order valence-electron chi connectivity index (χ2n) is 4.56. The highest BCUT2D eigenvalue weighted by Crippen LogP contribution is 2.08. The Bertz CT molecular complexity index is 533. The van der Waals surface area contributed by atoms with Crippen LogP contribution < -0.4 is 4.72 Å². The third kappa shape index (κ3) is 7.23. The van der Waals surface area contributed by atoms with Crippen LogP contribution in [-0.2, 0) is 25.3 Å². The van der Waals surface area contributed by atoms with E-state index in [0.717, 1.165) is 0 Å². The molecule has 0 radical (unpaired) electrons. The van der Waals surface area contributed by atoms with Crippen molar-refractivity contribution in [1.29, 1.82) is 0 Å². The summed E-state index contributed by atoms with van der Waals surface area (Å²) in [5, 5.41) is 0. The summed E-state index contributed by atoms with van der Waals surface area (Å²) in [6, 6.07) is 8.04. The summed E-state index contributed by atoms with van der Waals surface area (Å²) in [4.78, 5) is 11.9. The molecule has 1 aromatic rings. The van der Waals surface area contributed by atoms with Gasteiger partial charge < -0.3 is 4.74 Å². The summed E-state index contributed by atoms with van der Waals surface area (Å²) in [6.45, 7) is 2.19. The number of hydrogen-bond acceptors (Lipinski definition) is 4. The zero-order valence-corrected chi connectivity index (χ0v) is 14.9. The van der Waals surface area contributed by atoms with E-state index in [-0.39, 0.29) is 5.75 Å². The van der Waals surface area contributed by atoms with Gasteiger partial charge in [0.25, 0.3) is 0 Å². The maximum atomic E-state index is 12.1. The van der Waals surface area contributed by atoms with Gasteiger partial charge in [-0.2, -0.15) is 0 Å². The molecule has 0 saturated carbocycles. The molecule has 118 valence electrons. The van der Waals surface area contributed by atoms with Gasteiger partial charge in [-0.15, -0.1) is 0 Å². The van der Waals surface area contributed by atoms with Gasteiger partial charge in [-0.1, -0.05) is 59.8 Å². The number of alkyl halides is 1. The molecule has 21 heavy (non-hydrogen) atoms. The van der Waals surface area contributed by atoms with Crippen molar-refractivity contribution in [2.45, 2.75) is 31.6 Å². The van der Waals surface area contributed by atoms with Crippen molar-refractivity contribution in [2.24, 2.45) is 0 Å². The fourth-order valence-electron chi connectivity index (χ4n) is 1.69. The molecule has 0 heterocycles. The highest BCUT2D eigenvalue weighted by molar-refractivity contribution is 14.1. The second-order valence-corrected chi connectivity index (χ2v) is 7.39. The number of nitrogens with one attached hydrogen (secondary N) is 1. The zero-order valence-electron chi connectivity index (χ0n) is 11.9. The number of ether oxygens (including phenoxy) is 1. The molecule has 0 aliphatic carbocycles. The van der Waals surface area contributed by atoms with Crippen LogP contribution in [0.5, 0.6) is 0 Å².